The summed E-state index contributed by atoms with van der Waals surface area (Å²) in [5, 5.41) is 3.07. The maximum absolute atomic E-state index is 13.4. The summed E-state index contributed by atoms with van der Waals surface area (Å²) in [5.41, 5.74) is 0.571. The molecule has 4 heteroatoms. The fourth-order valence-electron chi connectivity index (χ4n) is 1.86. The van der Waals surface area contributed by atoms with Gasteiger partial charge in [-0.25, -0.2) is 4.39 Å². The zero-order valence-corrected chi connectivity index (χ0v) is 9.78. The van der Waals surface area contributed by atoms with Crippen LogP contribution >= 0.6 is 0 Å². The van der Waals surface area contributed by atoms with Crippen LogP contribution in [0.4, 0.5) is 4.39 Å². The van der Waals surface area contributed by atoms with Crippen molar-refractivity contribution in [3.05, 3.63) is 35.6 Å². The van der Waals surface area contributed by atoms with Gasteiger partial charge in [0.1, 0.15) is 11.9 Å². The second-order valence-electron chi connectivity index (χ2n) is 4.31. The summed E-state index contributed by atoms with van der Waals surface area (Å²) in [7, 11) is 1.38. The van der Waals surface area contributed by atoms with E-state index in [4.69, 9.17) is 4.74 Å². The van der Waals surface area contributed by atoms with Crippen LogP contribution in [0.3, 0.4) is 0 Å². The van der Waals surface area contributed by atoms with Crippen molar-refractivity contribution < 1.29 is 13.9 Å². The summed E-state index contributed by atoms with van der Waals surface area (Å²) >= 11 is 0. The lowest BCUT2D eigenvalue weighted by molar-refractivity contribution is -0.143. The molecule has 0 aromatic heterocycles. The summed E-state index contributed by atoms with van der Waals surface area (Å²) in [4.78, 5) is 11.5. The minimum Gasteiger partial charge on any atom is -0.468 e. The largest absolute Gasteiger partial charge is 0.468 e. The molecule has 1 aromatic carbocycles. The Morgan fingerprint density at radius 3 is 2.82 bits per heavy atom. The Kier molecular flexibility index (Phi) is 3.74. The van der Waals surface area contributed by atoms with Gasteiger partial charge in [-0.3, -0.25) is 10.1 Å². The van der Waals surface area contributed by atoms with E-state index >= 15 is 0 Å². The highest BCUT2D eigenvalue weighted by Crippen LogP contribution is 2.33. The molecular weight excluding hydrogens is 221 g/mol. The van der Waals surface area contributed by atoms with E-state index in [1.807, 2.05) is 0 Å². The lowest BCUT2D eigenvalue weighted by atomic mass is 10.1. The van der Waals surface area contributed by atoms with Crippen LogP contribution in [0.15, 0.2) is 24.3 Å². The second kappa shape index (κ2) is 5.27. The Balaban J connectivity index is 1.95. The normalized spacial score (nSPS) is 16.6. The Bertz CT molecular complexity index is 404. The van der Waals surface area contributed by atoms with Crippen molar-refractivity contribution in [1.29, 1.82) is 0 Å². The third-order valence-corrected chi connectivity index (χ3v) is 3.02. The van der Waals surface area contributed by atoms with Crippen molar-refractivity contribution in [2.45, 2.75) is 25.4 Å². The number of esters is 1. The SMILES string of the molecule is COC(=O)C(NCc1ccccc1F)C1CC1. The fraction of sp³-hybridized carbons (Fsp3) is 0.462. The quantitative estimate of drug-likeness (QED) is 0.794. The molecule has 0 bridgehead atoms. The van der Waals surface area contributed by atoms with E-state index in [1.54, 1.807) is 18.2 Å². The van der Waals surface area contributed by atoms with Crippen LogP contribution < -0.4 is 5.32 Å². The molecule has 0 aliphatic heterocycles. The van der Waals surface area contributed by atoms with Gasteiger partial charge >= 0.3 is 5.97 Å². The third-order valence-electron chi connectivity index (χ3n) is 3.02. The number of hydrogen-bond acceptors (Lipinski definition) is 3. The molecule has 1 unspecified atom stereocenters. The van der Waals surface area contributed by atoms with E-state index in [1.165, 1.54) is 13.2 Å². The van der Waals surface area contributed by atoms with Crippen LogP contribution in [-0.2, 0) is 16.1 Å². The van der Waals surface area contributed by atoms with Gasteiger partial charge in [0.25, 0.3) is 0 Å². The lowest BCUT2D eigenvalue weighted by Crippen LogP contribution is -2.39. The van der Waals surface area contributed by atoms with Gasteiger partial charge in [0.15, 0.2) is 0 Å². The summed E-state index contributed by atoms with van der Waals surface area (Å²) < 4.78 is 18.1. The van der Waals surface area contributed by atoms with E-state index in [2.05, 4.69) is 5.32 Å². The highest BCUT2D eigenvalue weighted by atomic mass is 19.1. The van der Waals surface area contributed by atoms with E-state index < -0.39 is 0 Å². The molecule has 1 aliphatic rings. The first kappa shape index (κ1) is 12.0. The van der Waals surface area contributed by atoms with Crippen molar-refractivity contribution in [3.63, 3.8) is 0 Å². The Morgan fingerprint density at radius 2 is 2.24 bits per heavy atom. The standard InChI is InChI=1S/C13H16FNO2/c1-17-13(16)12(9-6-7-9)15-8-10-4-2-3-5-11(10)14/h2-5,9,12,15H,6-8H2,1H3. The molecule has 17 heavy (non-hydrogen) atoms. The average molecular weight is 237 g/mol. The van der Waals surface area contributed by atoms with Gasteiger partial charge in [0.05, 0.1) is 7.11 Å². The molecule has 0 spiro atoms. The summed E-state index contributed by atoms with van der Waals surface area (Å²) in [5.74, 6) is -0.169. The predicted molar refractivity (Wildman–Crippen MR) is 61.8 cm³/mol. The van der Waals surface area contributed by atoms with Gasteiger partial charge in [0, 0.05) is 12.1 Å². The minimum atomic E-state index is -0.306. The smallest absolute Gasteiger partial charge is 0.323 e. The number of rotatable bonds is 5. The van der Waals surface area contributed by atoms with Gasteiger partial charge in [-0.2, -0.15) is 0 Å². The number of ether oxygens (including phenoxy) is 1. The third kappa shape index (κ3) is 3.03. The van der Waals surface area contributed by atoms with E-state index in [0.29, 0.717) is 18.0 Å². The molecule has 0 amide bonds. The number of carbonyl (C=O) groups is 1. The Labute approximate surface area is 100.0 Å². The number of hydrogen-bond donors (Lipinski definition) is 1. The number of benzene rings is 1. The maximum atomic E-state index is 13.4. The van der Waals surface area contributed by atoms with Gasteiger partial charge in [-0.05, 0) is 24.8 Å². The summed E-state index contributed by atoms with van der Waals surface area (Å²) in [6, 6.07) is 6.26. The number of nitrogens with one attached hydrogen (secondary N) is 1. The Hall–Kier alpha value is -1.42. The van der Waals surface area contributed by atoms with Crippen molar-refractivity contribution in [3.8, 4) is 0 Å². The summed E-state index contributed by atoms with van der Waals surface area (Å²) in [6.07, 6.45) is 2.06. The van der Waals surface area contributed by atoms with Crippen LogP contribution in [-0.4, -0.2) is 19.1 Å². The molecule has 1 aromatic rings. The monoisotopic (exact) mass is 237 g/mol. The van der Waals surface area contributed by atoms with Crippen LogP contribution in [0.25, 0.3) is 0 Å². The number of carbonyl (C=O) groups excluding carboxylic acids is 1. The molecule has 1 N–H and O–H groups in total. The molecule has 92 valence electrons. The number of methoxy groups -OCH3 is 1. The zero-order valence-electron chi connectivity index (χ0n) is 9.78. The predicted octanol–water partition coefficient (Wildman–Crippen LogP) is 1.87. The van der Waals surface area contributed by atoms with Gasteiger partial charge in [-0.1, -0.05) is 18.2 Å². The molecule has 3 nitrogen and oxygen atoms in total. The molecule has 1 aliphatic carbocycles. The van der Waals surface area contributed by atoms with E-state index in [0.717, 1.165) is 12.8 Å². The van der Waals surface area contributed by atoms with Crippen molar-refractivity contribution >= 4 is 5.97 Å². The lowest BCUT2D eigenvalue weighted by Gasteiger charge is -2.15. The minimum absolute atomic E-state index is 0.251. The highest BCUT2D eigenvalue weighted by Gasteiger charge is 2.36. The molecule has 0 saturated heterocycles. The molecular formula is C13H16FNO2. The van der Waals surface area contributed by atoms with Gasteiger partial charge < -0.3 is 4.74 Å². The van der Waals surface area contributed by atoms with Crippen LogP contribution in [0.2, 0.25) is 0 Å². The van der Waals surface area contributed by atoms with Gasteiger partial charge in [-0.15, -0.1) is 0 Å². The topological polar surface area (TPSA) is 38.3 Å². The highest BCUT2D eigenvalue weighted by molar-refractivity contribution is 5.76. The second-order valence-corrected chi connectivity index (χ2v) is 4.31. The average Bonchev–Trinajstić information content (AvgIpc) is 3.15. The molecule has 1 saturated carbocycles. The van der Waals surface area contributed by atoms with Crippen LogP contribution in [0, 0.1) is 11.7 Å². The van der Waals surface area contributed by atoms with Crippen LogP contribution in [0.5, 0.6) is 0 Å². The molecule has 1 fully saturated rings. The first-order valence-corrected chi connectivity index (χ1v) is 5.77. The van der Waals surface area contributed by atoms with Crippen molar-refractivity contribution in [2.75, 3.05) is 7.11 Å². The molecule has 0 heterocycles. The first-order valence-electron chi connectivity index (χ1n) is 5.77. The van der Waals surface area contributed by atoms with Gasteiger partial charge in [0.2, 0.25) is 0 Å². The Morgan fingerprint density at radius 1 is 1.53 bits per heavy atom. The van der Waals surface area contributed by atoms with E-state index in [9.17, 15) is 9.18 Å². The first-order chi connectivity index (χ1) is 8.22. The van der Waals surface area contributed by atoms with Crippen molar-refractivity contribution in [2.24, 2.45) is 5.92 Å². The van der Waals surface area contributed by atoms with Crippen molar-refractivity contribution in [1.82, 2.24) is 5.32 Å². The zero-order chi connectivity index (χ0) is 12.3. The summed E-state index contributed by atoms with van der Waals surface area (Å²) in [6.45, 7) is 0.350. The number of halogens is 1. The van der Waals surface area contributed by atoms with E-state index in [-0.39, 0.29) is 17.8 Å². The molecule has 0 radical (unpaired) electrons. The maximum Gasteiger partial charge on any atom is 0.323 e. The molecule has 2 rings (SSSR count). The van der Waals surface area contributed by atoms with Crippen LogP contribution in [0.1, 0.15) is 18.4 Å². The fourth-order valence-corrected chi connectivity index (χ4v) is 1.86. The molecule has 1 atom stereocenters.